The number of nitrogens with one attached hydrogen (secondary N) is 1. The molecule has 0 spiro atoms. The lowest BCUT2D eigenvalue weighted by molar-refractivity contribution is 0.227. The molecule has 0 saturated carbocycles. The Morgan fingerprint density at radius 1 is 1.13 bits per heavy atom. The van der Waals surface area contributed by atoms with Crippen molar-refractivity contribution in [2.45, 2.75) is 31.9 Å². The molecule has 2 aliphatic rings. The molecule has 0 radical (unpaired) electrons. The molecule has 5 heteroatoms. The molecule has 0 unspecified atom stereocenters. The molecule has 0 bridgehead atoms. The molecule has 1 fully saturated rings. The van der Waals surface area contributed by atoms with Crippen molar-refractivity contribution in [1.82, 2.24) is 15.3 Å². The van der Waals surface area contributed by atoms with Gasteiger partial charge in [-0.15, -0.1) is 0 Å². The Hall–Kier alpha value is -2.14. The maximum absolute atomic E-state index is 5.93. The van der Waals surface area contributed by atoms with Gasteiger partial charge in [-0.2, -0.15) is 0 Å². The molecular weight excluding hydrogens is 288 g/mol. The van der Waals surface area contributed by atoms with Crippen LogP contribution in [0.2, 0.25) is 0 Å². The number of fused-ring (bicyclic) bond motifs is 1. The van der Waals surface area contributed by atoms with Gasteiger partial charge in [0.2, 0.25) is 5.95 Å². The Balaban J connectivity index is 1.25. The molecule has 5 nitrogen and oxygen atoms in total. The standard InChI is InChI=1S/C18H22N4O/c1-2-6-17-15(5-1)9-16(23-17)13-19-10-14-11-20-18(21-12-14)22-7-3-4-8-22/h1-2,5-6,11-12,16,19H,3-4,7-10,13H2/t16-/m1/s1. The van der Waals surface area contributed by atoms with Crippen LogP contribution in [0.4, 0.5) is 5.95 Å². The highest BCUT2D eigenvalue weighted by atomic mass is 16.5. The van der Waals surface area contributed by atoms with Crippen LogP contribution >= 0.6 is 0 Å². The lowest BCUT2D eigenvalue weighted by Gasteiger charge is -2.15. The highest BCUT2D eigenvalue weighted by Crippen LogP contribution is 2.27. The van der Waals surface area contributed by atoms with Crippen molar-refractivity contribution in [2.75, 3.05) is 24.5 Å². The van der Waals surface area contributed by atoms with E-state index in [1.54, 1.807) is 0 Å². The second kappa shape index (κ2) is 6.54. The first kappa shape index (κ1) is 14.5. The molecule has 23 heavy (non-hydrogen) atoms. The number of rotatable bonds is 5. The molecular formula is C18H22N4O. The van der Waals surface area contributed by atoms with Crippen molar-refractivity contribution in [2.24, 2.45) is 0 Å². The van der Waals surface area contributed by atoms with Gasteiger partial charge < -0.3 is 15.0 Å². The molecule has 1 saturated heterocycles. The van der Waals surface area contributed by atoms with Gasteiger partial charge in [-0.25, -0.2) is 9.97 Å². The Morgan fingerprint density at radius 3 is 2.70 bits per heavy atom. The largest absolute Gasteiger partial charge is 0.488 e. The van der Waals surface area contributed by atoms with Gasteiger partial charge in [0.05, 0.1) is 0 Å². The minimum absolute atomic E-state index is 0.220. The summed E-state index contributed by atoms with van der Waals surface area (Å²) in [5.74, 6) is 1.89. The molecule has 3 heterocycles. The van der Waals surface area contributed by atoms with Crippen LogP contribution in [0.5, 0.6) is 5.75 Å². The zero-order valence-corrected chi connectivity index (χ0v) is 13.2. The molecule has 0 aliphatic carbocycles. The van der Waals surface area contributed by atoms with Crippen LogP contribution in [0.15, 0.2) is 36.7 Å². The van der Waals surface area contributed by atoms with Gasteiger partial charge >= 0.3 is 0 Å². The number of ether oxygens (including phenoxy) is 1. The molecule has 120 valence electrons. The van der Waals surface area contributed by atoms with Crippen molar-refractivity contribution in [3.63, 3.8) is 0 Å². The first-order valence-electron chi connectivity index (χ1n) is 8.39. The molecule has 1 aromatic heterocycles. The fourth-order valence-corrected chi connectivity index (χ4v) is 3.26. The molecule has 2 aromatic rings. The summed E-state index contributed by atoms with van der Waals surface area (Å²) >= 11 is 0. The first-order valence-corrected chi connectivity index (χ1v) is 8.39. The predicted octanol–water partition coefficient (Wildman–Crippen LogP) is 2.17. The maximum Gasteiger partial charge on any atom is 0.225 e. The summed E-state index contributed by atoms with van der Waals surface area (Å²) in [6, 6.07) is 8.27. The van der Waals surface area contributed by atoms with Crippen molar-refractivity contribution in [3.05, 3.63) is 47.8 Å². The van der Waals surface area contributed by atoms with E-state index in [4.69, 9.17) is 4.74 Å². The molecule has 1 aromatic carbocycles. The number of nitrogens with zero attached hydrogens (tertiary/aromatic N) is 3. The molecule has 1 atom stereocenters. The Kier molecular flexibility index (Phi) is 4.11. The molecule has 1 N–H and O–H groups in total. The smallest absolute Gasteiger partial charge is 0.225 e. The Morgan fingerprint density at radius 2 is 1.91 bits per heavy atom. The van der Waals surface area contributed by atoms with Crippen molar-refractivity contribution >= 4 is 5.95 Å². The van der Waals surface area contributed by atoms with E-state index in [9.17, 15) is 0 Å². The van der Waals surface area contributed by atoms with Crippen LogP contribution in [0.3, 0.4) is 0 Å². The van der Waals surface area contributed by atoms with Gasteiger partial charge in [-0.1, -0.05) is 18.2 Å². The quantitative estimate of drug-likeness (QED) is 0.917. The number of benzene rings is 1. The fourth-order valence-electron chi connectivity index (χ4n) is 3.26. The lowest BCUT2D eigenvalue weighted by Crippen LogP contribution is -2.29. The third-order valence-corrected chi connectivity index (χ3v) is 4.50. The summed E-state index contributed by atoms with van der Waals surface area (Å²) in [5, 5.41) is 3.45. The van der Waals surface area contributed by atoms with Gasteiger partial charge in [-0.3, -0.25) is 0 Å². The van der Waals surface area contributed by atoms with Crippen LogP contribution in [0, 0.1) is 0 Å². The van der Waals surface area contributed by atoms with Gasteiger partial charge in [0.15, 0.2) is 0 Å². The summed E-state index contributed by atoms with van der Waals surface area (Å²) < 4.78 is 5.93. The highest BCUT2D eigenvalue weighted by molar-refractivity contribution is 5.37. The second-order valence-corrected chi connectivity index (χ2v) is 6.27. The van der Waals surface area contributed by atoms with Crippen molar-refractivity contribution in [3.8, 4) is 5.75 Å². The van der Waals surface area contributed by atoms with Crippen LogP contribution in [0.25, 0.3) is 0 Å². The van der Waals surface area contributed by atoms with E-state index in [0.29, 0.717) is 0 Å². The summed E-state index contributed by atoms with van der Waals surface area (Å²) in [4.78, 5) is 11.2. The topological polar surface area (TPSA) is 50.3 Å². The SMILES string of the molecule is c1ccc2c(c1)C[C@H](CNCc1cnc(N3CCCC3)nc1)O2. The van der Waals surface area contributed by atoms with Crippen LogP contribution in [-0.2, 0) is 13.0 Å². The molecule has 2 aliphatic heterocycles. The van der Waals surface area contributed by atoms with E-state index in [2.05, 4.69) is 32.3 Å². The van der Waals surface area contributed by atoms with Crippen LogP contribution < -0.4 is 15.0 Å². The summed E-state index contributed by atoms with van der Waals surface area (Å²) in [6.07, 6.45) is 7.55. The van der Waals surface area contributed by atoms with E-state index < -0.39 is 0 Å². The minimum Gasteiger partial charge on any atom is -0.488 e. The number of para-hydroxylation sites is 1. The zero-order valence-electron chi connectivity index (χ0n) is 13.2. The Labute approximate surface area is 136 Å². The number of hydrogen-bond acceptors (Lipinski definition) is 5. The average Bonchev–Trinajstić information content (AvgIpc) is 3.25. The minimum atomic E-state index is 0.220. The average molecular weight is 310 g/mol. The van der Waals surface area contributed by atoms with E-state index in [-0.39, 0.29) is 6.10 Å². The third-order valence-electron chi connectivity index (χ3n) is 4.50. The number of aromatic nitrogens is 2. The molecule has 0 amide bonds. The monoisotopic (exact) mass is 310 g/mol. The van der Waals surface area contributed by atoms with E-state index in [1.165, 1.54) is 18.4 Å². The number of anilines is 1. The maximum atomic E-state index is 5.93. The summed E-state index contributed by atoms with van der Waals surface area (Å²) in [7, 11) is 0. The van der Waals surface area contributed by atoms with Gasteiger partial charge in [-0.05, 0) is 24.5 Å². The summed E-state index contributed by atoms with van der Waals surface area (Å²) in [6.45, 7) is 3.77. The predicted molar refractivity (Wildman–Crippen MR) is 89.7 cm³/mol. The van der Waals surface area contributed by atoms with Gasteiger partial charge in [0.1, 0.15) is 11.9 Å². The van der Waals surface area contributed by atoms with Crippen molar-refractivity contribution < 1.29 is 4.74 Å². The first-order chi connectivity index (χ1) is 11.4. The second-order valence-electron chi connectivity index (χ2n) is 6.27. The third kappa shape index (κ3) is 3.29. The van der Waals surface area contributed by atoms with E-state index >= 15 is 0 Å². The normalized spacial score (nSPS) is 19.7. The van der Waals surface area contributed by atoms with Gasteiger partial charge in [0.25, 0.3) is 0 Å². The van der Waals surface area contributed by atoms with Crippen LogP contribution in [0.1, 0.15) is 24.0 Å². The van der Waals surface area contributed by atoms with E-state index in [1.807, 2.05) is 24.5 Å². The summed E-state index contributed by atoms with van der Waals surface area (Å²) in [5.41, 5.74) is 2.42. The fraction of sp³-hybridized carbons (Fsp3) is 0.444. The number of hydrogen-bond donors (Lipinski definition) is 1. The van der Waals surface area contributed by atoms with Crippen molar-refractivity contribution in [1.29, 1.82) is 0 Å². The van der Waals surface area contributed by atoms with E-state index in [0.717, 1.165) is 49.9 Å². The van der Waals surface area contributed by atoms with Crippen LogP contribution in [-0.4, -0.2) is 35.7 Å². The lowest BCUT2D eigenvalue weighted by atomic mass is 10.1. The van der Waals surface area contributed by atoms with Gasteiger partial charge in [0, 0.05) is 50.6 Å². The zero-order chi connectivity index (χ0) is 15.5. The highest BCUT2D eigenvalue weighted by Gasteiger charge is 2.21. The Bertz CT molecular complexity index is 627. The molecule has 4 rings (SSSR count).